The zero-order valence-corrected chi connectivity index (χ0v) is 12.6. The van der Waals surface area contributed by atoms with Crippen LogP contribution in [0.3, 0.4) is 0 Å². The van der Waals surface area contributed by atoms with Crippen molar-refractivity contribution in [3.8, 4) is 17.1 Å². The van der Waals surface area contributed by atoms with Crippen LogP contribution in [0.15, 0.2) is 48.5 Å². The van der Waals surface area contributed by atoms with E-state index in [0.717, 1.165) is 5.56 Å². The maximum absolute atomic E-state index is 10.9. The molecule has 24 heavy (non-hydrogen) atoms. The maximum Gasteiger partial charge on any atom is 0.270 e. The molecule has 2 aromatic carbocycles. The second kappa shape index (κ2) is 6.47. The van der Waals surface area contributed by atoms with Crippen LogP contribution in [0.2, 0.25) is 0 Å². The number of hydrogen-bond acceptors (Lipinski definition) is 6. The van der Waals surface area contributed by atoms with Crippen LogP contribution in [-0.2, 0) is 6.42 Å². The first-order valence-electron chi connectivity index (χ1n) is 7.24. The van der Waals surface area contributed by atoms with Gasteiger partial charge in [-0.15, -0.1) is 0 Å². The molecule has 4 N–H and O–H groups in total. The van der Waals surface area contributed by atoms with Gasteiger partial charge in [0.1, 0.15) is 11.6 Å². The molecular weight excluding hydrogens is 310 g/mol. The number of phenols is 1. The fourth-order valence-electron chi connectivity index (χ4n) is 2.34. The molecule has 122 valence electrons. The minimum absolute atomic E-state index is 0.136. The van der Waals surface area contributed by atoms with Gasteiger partial charge < -0.3 is 10.8 Å². The molecule has 0 aliphatic carbocycles. The molecule has 3 rings (SSSR count). The summed E-state index contributed by atoms with van der Waals surface area (Å²) in [4.78, 5) is 14.6. The molecule has 3 aromatic rings. The highest BCUT2D eigenvalue weighted by Crippen LogP contribution is 2.30. The average Bonchev–Trinajstić information content (AvgIpc) is 3.06. The summed E-state index contributed by atoms with van der Waals surface area (Å²) in [6.45, 7) is 0. The number of benzene rings is 2. The lowest BCUT2D eigenvalue weighted by Gasteiger charge is -2.07. The van der Waals surface area contributed by atoms with Gasteiger partial charge in [-0.25, -0.2) is 4.98 Å². The van der Waals surface area contributed by atoms with Crippen LogP contribution >= 0.6 is 0 Å². The largest absolute Gasteiger partial charge is 0.507 e. The standard InChI is InChI=1S/C16H15N5O3/c17-13(8-10-4-2-1-3-5-10)16-18-15(19-20-16)12-9-11(21(23)24)6-7-14(12)22/h1-7,9,13,22H,8,17H2,(H,18,19,20)/t13-/m1/s1. The Morgan fingerprint density at radius 1 is 1.25 bits per heavy atom. The summed E-state index contributed by atoms with van der Waals surface area (Å²) in [6, 6.07) is 13.0. The van der Waals surface area contributed by atoms with E-state index in [1.165, 1.54) is 18.2 Å². The fraction of sp³-hybridized carbons (Fsp3) is 0.125. The third kappa shape index (κ3) is 3.23. The predicted octanol–water partition coefficient (Wildman–Crippen LogP) is 2.33. The van der Waals surface area contributed by atoms with Crippen LogP contribution in [0.4, 0.5) is 5.69 Å². The van der Waals surface area contributed by atoms with Gasteiger partial charge in [-0.3, -0.25) is 15.2 Å². The van der Waals surface area contributed by atoms with E-state index >= 15 is 0 Å². The minimum atomic E-state index is -0.544. The van der Waals surface area contributed by atoms with Crippen molar-refractivity contribution in [3.63, 3.8) is 0 Å². The molecule has 0 aliphatic rings. The number of nitro benzene ring substituents is 1. The molecular formula is C16H15N5O3. The van der Waals surface area contributed by atoms with Gasteiger partial charge in [0.15, 0.2) is 5.82 Å². The van der Waals surface area contributed by atoms with Crippen LogP contribution < -0.4 is 5.73 Å². The van der Waals surface area contributed by atoms with Crippen LogP contribution in [0, 0.1) is 10.1 Å². The molecule has 0 radical (unpaired) electrons. The van der Waals surface area contributed by atoms with Crippen LogP contribution in [0.5, 0.6) is 5.75 Å². The summed E-state index contributed by atoms with van der Waals surface area (Å²) in [6.07, 6.45) is 0.566. The lowest BCUT2D eigenvalue weighted by molar-refractivity contribution is -0.384. The Hall–Kier alpha value is -3.26. The van der Waals surface area contributed by atoms with Gasteiger partial charge in [0.2, 0.25) is 0 Å². The molecule has 0 aliphatic heterocycles. The fourth-order valence-corrected chi connectivity index (χ4v) is 2.34. The summed E-state index contributed by atoms with van der Waals surface area (Å²) in [5, 5.41) is 27.5. The Labute approximate surface area is 137 Å². The van der Waals surface area contributed by atoms with Gasteiger partial charge in [-0.05, 0) is 18.1 Å². The van der Waals surface area contributed by atoms with Gasteiger partial charge >= 0.3 is 0 Å². The highest BCUT2D eigenvalue weighted by Gasteiger charge is 2.18. The third-order valence-corrected chi connectivity index (χ3v) is 3.58. The molecule has 0 saturated heterocycles. The van der Waals surface area contributed by atoms with Crippen molar-refractivity contribution in [2.24, 2.45) is 5.73 Å². The molecule has 0 amide bonds. The SMILES string of the molecule is N[C@H](Cc1ccccc1)c1nc(-c2cc([N+](=O)[O-])ccc2O)n[nH]1. The molecule has 1 heterocycles. The van der Waals surface area contributed by atoms with E-state index in [2.05, 4.69) is 15.2 Å². The Morgan fingerprint density at radius 2 is 2.00 bits per heavy atom. The molecule has 0 unspecified atom stereocenters. The van der Waals surface area contributed by atoms with Crippen molar-refractivity contribution in [3.05, 3.63) is 70.0 Å². The van der Waals surface area contributed by atoms with E-state index in [-0.39, 0.29) is 22.8 Å². The molecule has 1 aromatic heterocycles. The second-order valence-electron chi connectivity index (χ2n) is 5.30. The van der Waals surface area contributed by atoms with Gasteiger partial charge in [-0.1, -0.05) is 30.3 Å². The number of aromatic nitrogens is 3. The molecule has 8 heteroatoms. The van der Waals surface area contributed by atoms with Crippen molar-refractivity contribution >= 4 is 5.69 Å². The number of nitro groups is 1. The van der Waals surface area contributed by atoms with E-state index in [1.807, 2.05) is 30.3 Å². The van der Waals surface area contributed by atoms with Crippen LogP contribution in [0.25, 0.3) is 11.4 Å². The second-order valence-corrected chi connectivity index (χ2v) is 5.30. The first-order valence-corrected chi connectivity index (χ1v) is 7.24. The Kier molecular flexibility index (Phi) is 4.21. The number of phenolic OH excluding ortho intramolecular Hbond substituents is 1. The lowest BCUT2D eigenvalue weighted by Crippen LogP contribution is -2.15. The van der Waals surface area contributed by atoms with Gasteiger partial charge in [0, 0.05) is 12.1 Å². The van der Waals surface area contributed by atoms with E-state index in [9.17, 15) is 15.2 Å². The summed E-state index contributed by atoms with van der Waals surface area (Å²) >= 11 is 0. The molecule has 8 nitrogen and oxygen atoms in total. The molecule has 0 spiro atoms. The van der Waals surface area contributed by atoms with E-state index in [1.54, 1.807) is 0 Å². The number of hydrogen-bond donors (Lipinski definition) is 3. The minimum Gasteiger partial charge on any atom is -0.507 e. The normalized spacial score (nSPS) is 12.0. The summed E-state index contributed by atoms with van der Waals surface area (Å²) in [7, 11) is 0. The highest BCUT2D eigenvalue weighted by atomic mass is 16.6. The number of aromatic hydroxyl groups is 1. The Morgan fingerprint density at radius 3 is 2.71 bits per heavy atom. The molecule has 0 bridgehead atoms. The number of rotatable bonds is 5. The van der Waals surface area contributed by atoms with Crippen molar-refractivity contribution in [1.82, 2.24) is 15.2 Å². The number of nitrogens with zero attached hydrogens (tertiary/aromatic N) is 3. The van der Waals surface area contributed by atoms with Crippen LogP contribution in [0.1, 0.15) is 17.4 Å². The maximum atomic E-state index is 10.9. The quantitative estimate of drug-likeness (QED) is 0.487. The van der Waals surface area contributed by atoms with Crippen molar-refractivity contribution in [1.29, 1.82) is 0 Å². The number of H-pyrrole nitrogens is 1. The van der Waals surface area contributed by atoms with Crippen molar-refractivity contribution in [2.75, 3.05) is 0 Å². The van der Waals surface area contributed by atoms with Gasteiger partial charge in [-0.2, -0.15) is 5.10 Å². The predicted molar refractivity (Wildman–Crippen MR) is 87.2 cm³/mol. The number of nitrogens with two attached hydrogens (primary N) is 1. The lowest BCUT2D eigenvalue weighted by atomic mass is 10.1. The Balaban J connectivity index is 1.85. The van der Waals surface area contributed by atoms with Crippen molar-refractivity contribution < 1.29 is 10.0 Å². The summed E-state index contributed by atoms with van der Waals surface area (Å²) in [5.41, 5.74) is 7.22. The zero-order valence-electron chi connectivity index (χ0n) is 12.6. The van der Waals surface area contributed by atoms with E-state index in [4.69, 9.17) is 5.73 Å². The Bertz CT molecular complexity index is 863. The molecule has 0 saturated carbocycles. The van der Waals surface area contributed by atoms with E-state index < -0.39 is 11.0 Å². The third-order valence-electron chi connectivity index (χ3n) is 3.58. The smallest absolute Gasteiger partial charge is 0.270 e. The van der Waals surface area contributed by atoms with Crippen LogP contribution in [-0.4, -0.2) is 25.2 Å². The first-order chi connectivity index (χ1) is 11.5. The van der Waals surface area contributed by atoms with E-state index in [0.29, 0.717) is 12.2 Å². The molecule has 0 fully saturated rings. The van der Waals surface area contributed by atoms with Gasteiger partial charge in [0.05, 0.1) is 16.5 Å². The van der Waals surface area contributed by atoms with Gasteiger partial charge in [0.25, 0.3) is 5.69 Å². The first kappa shape index (κ1) is 15.6. The molecule has 1 atom stereocenters. The summed E-state index contributed by atoms with van der Waals surface area (Å²) < 4.78 is 0. The monoisotopic (exact) mass is 325 g/mol. The summed E-state index contributed by atoms with van der Waals surface area (Å²) in [5.74, 6) is 0.470. The number of aromatic amines is 1. The van der Waals surface area contributed by atoms with Crippen molar-refractivity contribution in [2.45, 2.75) is 12.5 Å². The zero-order chi connectivity index (χ0) is 17.1. The number of non-ortho nitro benzene ring substituents is 1. The average molecular weight is 325 g/mol. The number of nitrogens with one attached hydrogen (secondary N) is 1. The topological polar surface area (TPSA) is 131 Å². The highest BCUT2D eigenvalue weighted by molar-refractivity contribution is 5.66.